The van der Waals surface area contributed by atoms with E-state index in [2.05, 4.69) is 21.3 Å². The molecule has 1 saturated heterocycles. The summed E-state index contributed by atoms with van der Waals surface area (Å²) >= 11 is 0. The fraction of sp³-hybridized carbons (Fsp3) is 0.818. The largest absolute Gasteiger partial charge is 0.351 e. The predicted molar refractivity (Wildman–Crippen MR) is 165 cm³/mol. The number of nitrogens with zero attached hydrogens (tertiary/aromatic N) is 1. The first kappa shape index (κ1) is 33.9. The van der Waals surface area contributed by atoms with Crippen molar-refractivity contribution in [2.24, 2.45) is 23.2 Å². The van der Waals surface area contributed by atoms with Crippen LogP contribution in [0.5, 0.6) is 0 Å². The molecule has 0 radical (unpaired) electrons. The van der Waals surface area contributed by atoms with Crippen LogP contribution in [0.4, 0.5) is 0 Å². The van der Waals surface area contributed by atoms with Gasteiger partial charge in [0.2, 0.25) is 29.4 Å². The smallest absolute Gasteiger partial charge is 0.289 e. The summed E-state index contributed by atoms with van der Waals surface area (Å²) in [6, 6.07) is -2.89. The molecule has 3 aliphatic carbocycles. The first-order chi connectivity index (χ1) is 20.6. The van der Waals surface area contributed by atoms with Crippen LogP contribution in [0, 0.1) is 23.2 Å². The summed E-state index contributed by atoms with van der Waals surface area (Å²) < 4.78 is 0. The minimum atomic E-state index is -1.20. The fourth-order valence-electron chi connectivity index (χ4n) is 6.70. The van der Waals surface area contributed by atoms with Crippen molar-refractivity contribution in [3.8, 4) is 0 Å². The molecule has 0 bridgehead atoms. The Labute approximate surface area is 261 Å². The zero-order valence-corrected chi connectivity index (χ0v) is 27.4. The lowest BCUT2D eigenvalue weighted by molar-refractivity contribution is -0.146. The molecule has 1 aliphatic heterocycles. The molecule has 4 rings (SSSR count). The fourth-order valence-corrected chi connectivity index (χ4v) is 6.70. The highest BCUT2D eigenvalue weighted by atomic mass is 16.2. The third kappa shape index (κ3) is 8.59. The lowest BCUT2D eigenvalue weighted by Gasteiger charge is -2.37. The van der Waals surface area contributed by atoms with E-state index in [1.807, 2.05) is 13.8 Å². The normalized spacial score (nSPS) is 24.0. The molecule has 3 saturated carbocycles. The number of likely N-dealkylation sites (N-methyl/N-ethyl adjacent to an activating group) is 1. The number of amides is 5. The quantitative estimate of drug-likeness (QED) is 0.233. The summed E-state index contributed by atoms with van der Waals surface area (Å²) in [7, 11) is 1.60. The minimum Gasteiger partial charge on any atom is -0.351 e. The molecule has 0 unspecified atom stereocenters. The molecule has 4 fully saturated rings. The Morgan fingerprint density at radius 3 is 2.07 bits per heavy atom. The first-order valence-electron chi connectivity index (χ1n) is 16.6. The van der Waals surface area contributed by atoms with Gasteiger partial charge in [-0.15, -0.1) is 0 Å². The lowest BCUT2D eigenvalue weighted by Crippen LogP contribution is -2.59. The number of Topliss-reactive ketones (excluding diaryl/α,β-unsaturated/α-hetero) is 1. The van der Waals surface area contributed by atoms with Gasteiger partial charge in [0.05, 0.1) is 6.04 Å². The van der Waals surface area contributed by atoms with E-state index in [1.54, 1.807) is 27.8 Å². The van der Waals surface area contributed by atoms with E-state index in [9.17, 15) is 28.8 Å². The molecule has 1 heterocycles. The summed E-state index contributed by atoms with van der Waals surface area (Å²) in [6.07, 6.45) is 9.04. The minimum absolute atomic E-state index is 0.00191. The Morgan fingerprint density at radius 2 is 1.57 bits per heavy atom. The average Bonchev–Trinajstić information content (AvgIpc) is 3.46. The first-order valence-corrected chi connectivity index (χ1v) is 16.6. The van der Waals surface area contributed by atoms with Crippen molar-refractivity contribution < 1.29 is 28.8 Å². The van der Waals surface area contributed by atoms with Gasteiger partial charge in [-0.1, -0.05) is 52.9 Å². The Balaban J connectivity index is 1.56. The Morgan fingerprint density at radius 1 is 0.932 bits per heavy atom. The molecular formula is C33H53N5O6. The standard InChI is InChI=1S/C33H53N5O6/c1-32(2,3)31(44)36-25(20-12-7-8-13-20)30(43)38(6)24(16-19-10-9-11-19)28(41)35-23(26(39)29(42)34-22-14-15-22)17-21-18-33(4,5)37-27(21)40/h19-25H,7-18H2,1-6H3,(H,34,42)(H,35,41)(H,36,44)(H,37,40)/t21-,23+,24+,25-/m1/s1. The van der Waals surface area contributed by atoms with Crippen molar-refractivity contribution in [1.29, 1.82) is 0 Å². The van der Waals surface area contributed by atoms with E-state index in [1.165, 1.54) is 4.90 Å². The third-order valence-electron chi connectivity index (χ3n) is 9.88. The highest BCUT2D eigenvalue weighted by Gasteiger charge is 2.44. The van der Waals surface area contributed by atoms with Crippen LogP contribution >= 0.6 is 0 Å². The Bertz CT molecular complexity index is 1130. The van der Waals surface area contributed by atoms with Crippen LogP contribution in [0.15, 0.2) is 0 Å². The number of carbonyl (C=O) groups is 6. The van der Waals surface area contributed by atoms with Crippen molar-refractivity contribution in [2.75, 3.05) is 7.05 Å². The van der Waals surface area contributed by atoms with Crippen molar-refractivity contribution in [3.63, 3.8) is 0 Å². The maximum Gasteiger partial charge on any atom is 0.289 e. The van der Waals surface area contributed by atoms with Gasteiger partial charge in [-0.25, -0.2) is 0 Å². The zero-order valence-electron chi connectivity index (χ0n) is 27.4. The second-order valence-electron chi connectivity index (χ2n) is 15.4. The Kier molecular flexibility index (Phi) is 10.5. The van der Waals surface area contributed by atoms with Gasteiger partial charge in [-0.2, -0.15) is 0 Å². The van der Waals surface area contributed by atoms with Gasteiger partial charge in [0.1, 0.15) is 12.1 Å². The highest BCUT2D eigenvalue weighted by molar-refractivity contribution is 6.38. The molecule has 246 valence electrons. The maximum absolute atomic E-state index is 14.1. The van der Waals surface area contributed by atoms with E-state index < -0.39 is 52.6 Å². The van der Waals surface area contributed by atoms with Gasteiger partial charge < -0.3 is 26.2 Å². The van der Waals surface area contributed by atoms with Crippen molar-refractivity contribution >= 4 is 35.3 Å². The molecule has 11 nitrogen and oxygen atoms in total. The van der Waals surface area contributed by atoms with Crippen LogP contribution in [0.2, 0.25) is 0 Å². The number of nitrogens with one attached hydrogen (secondary N) is 4. The average molecular weight is 616 g/mol. The summed E-state index contributed by atoms with van der Waals surface area (Å²) in [6.45, 7) is 9.20. The van der Waals surface area contributed by atoms with E-state index >= 15 is 0 Å². The van der Waals surface area contributed by atoms with Crippen LogP contribution < -0.4 is 21.3 Å². The molecule has 0 aromatic carbocycles. The SMILES string of the molecule is CN(C(=O)[C@H](NC(=O)C(C)(C)C)C1CCCC1)[C@@H](CC1CCC1)C(=O)N[C@@H](C[C@@H]1CC(C)(C)NC1=O)C(=O)C(=O)NC1CC1. The lowest BCUT2D eigenvalue weighted by atomic mass is 9.80. The van der Waals surface area contributed by atoms with Gasteiger partial charge in [0, 0.05) is 30.0 Å². The Hall–Kier alpha value is -2.98. The van der Waals surface area contributed by atoms with Crippen LogP contribution in [0.1, 0.15) is 112 Å². The van der Waals surface area contributed by atoms with Gasteiger partial charge in [0.25, 0.3) is 5.91 Å². The van der Waals surface area contributed by atoms with E-state index in [4.69, 9.17) is 0 Å². The second-order valence-corrected chi connectivity index (χ2v) is 15.4. The molecule has 11 heteroatoms. The third-order valence-corrected chi connectivity index (χ3v) is 9.88. The molecule has 0 spiro atoms. The summed E-state index contributed by atoms with van der Waals surface area (Å²) in [5.41, 5.74) is -1.14. The van der Waals surface area contributed by atoms with Crippen LogP contribution in [0.3, 0.4) is 0 Å². The molecule has 4 atom stereocenters. The topological polar surface area (TPSA) is 154 Å². The summed E-state index contributed by atoms with van der Waals surface area (Å²) in [5.74, 6) is -3.12. The van der Waals surface area contributed by atoms with Gasteiger partial charge in [-0.3, -0.25) is 28.8 Å². The number of ketones is 1. The maximum atomic E-state index is 14.1. The van der Waals surface area contributed by atoms with Crippen LogP contribution in [-0.4, -0.2) is 77.0 Å². The van der Waals surface area contributed by atoms with Gasteiger partial charge in [0.15, 0.2) is 0 Å². The number of rotatable bonds is 13. The molecule has 5 amide bonds. The van der Waals surface area contributed by atoms with Crippen molar-refractivity contribution in [1.82, 2.24) is 26.2 Å². The van der Waals surface area contributed by atoms with Crippen LogP contribution in [0.25, 0.3) is 0 Å². The molecule has 44 heavy (non-hydrogen) atoms. The highest BCUT2D eigenvalue weighted by Crippen LogP contribution is 2.34. The van der Waals surface area contributed by atoms with E-state index in [-0.39, 0.29) is 42.0 Å². The molecule has 0 aromatic heterocycles. The van der Waals surface area contributed by atoms with E-state index in [0.717, 1.165) is 57.8 Å². The predicted octanol–water partition coefficient (Wildman–Crippen LogP) is 2.36. The van der Waals surface area contributed by atoms with Gasteiger partial charge >= 0.3 is 0 Å². The van der Waals surface area contributed by atoms with Crippen molar-refractivity contribution in [3.05, 3.63) is 0 Å². The number of carbonyl (C=O) groups excluding carboxylic acids is 6. The monoisotopic (exact) mass is 615 g/mol. The van der Waals surface area contributed by atoms with Crippen molar-refractivity contribution in [2.45, 2.75) is 141 Å². The molecule has 4 N–H and O–H groups in total. The van der Waals surface area contributed by atoms with Crippen LogP contribution in [-0.2, 0) is 28.8 Å². The molecule has 0 aromatic rings. The summed E-state index contributed by atoms with van der Waals surface area (Å²) in [4.78, 5) is 81.7. The number of hydrogen-bond acceptors (Lipinski definition) is 6. The van der Waals surface area contributed by atoms with Gasteiger partial charge in [-0.05, 0) is 70.6 Å². The van der Waals surface area contributed by atoms with E-state index in [0.29, 0.717) is 12.8 Å². The summed E-state index contributed by atoms with van der Waals surface area (Å²) in [5, 5.41) is 11.5. The zero-order chi connectivity index (χ0) is 32.4. The molecule has 4 aliphatic rings. The molecular weight excluding hydrogens is 562 g/mol. The number of hydrogen-bond donors (Lipinski definition) is 4. The second kappa shape index (κ2) is 13.6.